The number of benzene rings is 1. The summed E-state index contributed by atoms with van der Waals surface area (Å²) >= 11 is 1.68. The number of hydrogen-bond acceptors (Lipinski definition) is 7. The third-order valence-corrected chi connectivity index (χ3v) is 8.48. The van der Waals surface area contributed by atoms with Gasteiger partial charge in [-0.15, -0.1) is 16.9 Å². The Morgan fingerprint density at radius 2 is 1.94 bits per heavy atom. The number of carbonyl (C=O) groups excluding carboxylic acids is 2. The van der Waals surface area contributed by atoms with Gasteiger partial charge in [0.05, 0.1) is 12.1 Å². The van der Waals surface area contributed by atoms with Gasteiger partial charge < -0.3 is 16.0 Å². The van der Waals surface area contributed by atoms with Crippen LogP contribution in [0.25, 0.3) is 0 Å². The van der Waals surface area contributed by atoms with Crippen molar-refractivity contribution in [2.45, 2.75) is 80.2 Å². The minimum absolute atomic E-state index is 0.0971. The second-order valence-corrected chi connectivity index (χ2v) is 11.4. The molecule has 2 amide bonds. The highest BCUT2D eigenvalue weighted by Crippen LogP contribution is 2.57. The SMILES string of the molecule is CC1(C)SC2C(NC(=O)C3(N)CCCCC3)C(=O)N2C1c1nnnn1Cc1ccccc1. The van der Waals surface area contributed by atoms with Gasteiger partial charge in [0, 0.05) is 4.75 Å². The van der Waals surface area contributed by atoms with E-state index in [1.54, 1.807) is 16.4 Å². The van der Waals surface area contributed by atoms with E-state index in [1.165, 1.54) is 0 Å². The van der Waals surface area contributed by atoms with E-state index in [-0.39, 0.29) is 28.0 Å². The maximum absolute atomic E-state index is 13.2. The van der Waals surface area contributed by atoms with E-state index in [0.717, 1.165) is 24.8 Å². The Balaban J connectivity index is 1.35. The molecule has 1 aliphatic carbocycles. The topological polar surface area (TPSA) is 119 Å². The number of nitrogens with one attached hydrogen (secondary N) is 1. The molecule has 1 aromatic carbocycles. The molecule has 5 rings (SSSR count). The van der Waals surface area contributed by atoms with Crippen LogP contribution in [0, 0.1) is 0 Å². The molecule has 3 unspecified atom stereocenters. The van der Waals surface area contributed by atoms with Crippen LogP contribution in [0.15, 0.2) is 30.3 Å². The zero-order valence-corrected chi connectivity index (χ0v) is 19.2. The molecule has 3 aliphatic rings. The average Bonchev–Trinajstić information content (AvgIpc) is 3.32. The fourth-order valence-electron chi connectivity index (χ4n) is 5.14. The van der Waals surface area contributed by atoms with E-state index in [1.807, 2.05) is 35.2 Å². The highest BCUT2D eigenvalue weighted by Gasteiger charge is 2.63. The van der Waals surface area contributed by atoms with Gasteiger partial charge in [-0.1, -0.05) is 49.6 Å². The summed E-state index contributed by atoms with van der Waals surface area (Å²) < 4.78 is 1.45. The minimum Gasteiger partial charge on any atom is -0.340 e. The molecule has 1 saturated carbocycles. The van der Waals surface area contributed by atoms with Crippen LogP contribution in [0.1, 0.15) is 63.4 Å². The molecule has 9 nitrogen and oxygen atoms in total. The molecule has 0 spiro atoms. The zero-order valence-electron chi connectivity index (χ0n) is 18.4. The van der Waals surface area contributed by atoms with Crippen LogP contribution < -0.4 is 11.1 Å². The number of amides is 2. The number of thioether (sulfide) groups is 1. The van der Waals surface area contributed by atoms with E-state index in [4.69, 9.17) is 5.73 Å². The maximum atomic E-state index is 13.2. The monoisotopic (exact) mass is 455 g/mol. The predicted octanol–water partition coefficient (Wildman–Crippen LogP) is 1.60. The minimum atomic E-state index is -0.864. The van der Waals surface area contributed by atoms with Crippen molar-refractivity contribution in [1.29, 1.82) is 0 Å². The Morgan fingerprint density at radius 1 is 1.22 bits per heavy atom. The standard InChI is InChI=1S/C22H29N7O2S/c1-21(2)16(17-25-26-27-28(17)13-14-9-5-3-6-10-14)29-18(30)15(19(29)32-21)24-20(31)22(23)11-7-4-8-12-22/h3,5-6,9-10,15-16,19H,4,7-8,11-13,23H2,1-2H3,(H,24,31). The van der Waals surface area contributed by atoms with Crippen LogP contribution in [0.4, 0.5) is 0 Å². The zero-order chi connectivity index (χ0) is 22.5. The second-order valence-electron chi connectivity index (χ2n) is 9.61. The van der Waals surface area contributed by atoms with Gasteiger partial charge in [-0.25, -0.2) is 4.68 Å². The maximum Gasteiger partial charge on any atom is 0.249 e. The summed E-state index contributed by atoms with van der Waals surface area (Å²) in [5.41, 5.74) is 6.61. The number of rotatable bonds is 5. The number of β-lactam (4-membered cyclic amide) rings is 1. The number of nitrogens with zero attached hydrogens (tertiary/aromatic N) is 5. The van der Waals surface area contributed by atoms with Crippen LogP contribution >= 0.6 is 11.8 Å². The highest BCUT2D eigenvalue weighted by molar-refractivity contribution is 8.01. The number of nitrogens with two attached hydrogens (primary N) is 1. The van der Waals surface area contributed by atoms with Crippen molar-refractivity contribution in [3.8, 4) is 0 Å². The van der Waals surface area contributed by atoms with Gasteiger partial charge in [-0.3, -0.25) is 9.59 Å². The number of aromatic nitrogens is 4. The van der Waals surface area contributed by atoms with Crippen LogP contribution in [0.3, 0.4) is 0 Å². The lowest BCUT2D eigenvalue weighted by atomic mass is 9.81. The van der Waals surface area contributed by atoms with Crippen molar-refractivity contribution in [3.05, 3.63) is 41.7 Å². The van der Waals surface area contributed by atoms with Crippen molar-refractivity contribution < 1.29 is 9.59 Å². The molecule has 2 saturated heterocycles. The highest BCUT2D eigenvalue weighted by atomic mass is 32.2. The van der Waals surface area contributed by atoms with Gasteiger partial charge in [-0.2, -0.15) is 0 Å². The number of fused-ring (bicyclic) bond motifs is 1. The number of hydrogen-bond donors (Lipinski definition) is 2. The molecule has 3 N–H and O–H groups in total. The van der Waals surface area contributed by atoms with Crippen LogP contribution in [-0.2, 0) is 16.1 Å². The first kappa shape index (κ1) is 21.4. The van der Waals surface area contributed by atoms with E-state index >= 15 is 0 Å². The Labute approximate surface area is 191 Å². The van der Waals surface area contributed by atoms with E-state index in [0.29, 0.717) is 25.2 Å². The van der Waals surface area contributed by atoms with Crippen molar-refractivity contribution in [3.63, 3.8) is 0 Å². The lowest BCUT2D eigenvalue weighted by Crippen LogP contribution is -2.70. The Morgan fingerprint density at radius 3 is 2.66 bits per heavy atom. The quantitative estimate of drug-likeness (QED) is 0.657. The van der Waals surface area contributed by atoms with E-state index in [2.05, 4.69) is 34.7 Å². The van der Waals surface area contributed by atoms with Crippen LogP contribution in [0.5, 0.6) is 0 Å². The van der Waals surface area contributed by atoms with Crippen molar-refractivity contribution in [1.82, 2.24) is 30.4 Å². The predicted molar refractivity (Wildman–Crippen MR) is 120 cm³/mol. The van der Waals surface area contributed by atoms with E-state index < -0.39 is 11.6 Å². The molecule has 2 aromatic rings. The largest absolute Gasteiger partial charge is 0.340 e. The lowest BCUT2D eigenvalue weighted by molar-refractivity contribution is -0.152. The molecule has 3 atom stereocenters. The molecule has 10 heteroatoms. The van der Waals surface area contributed by atoms with Crippen LogP contribution in [0.2, 0.25) is 0 Å². The molecule has 1 aromatic heterocycles. The summed E-state index contributed by atoms with van der Waals surface area (Å²) in [6.45, 7) is 4.72. The van der Waals surface area contributed by atoms with Gasteiger partial charge in [-0.05, 0) is 42.7 Å². The first-order chi connectivity index (χ1) is 15.3. The molecule has 32 heavy (non-hydrogen) atoms. The van der Waals surface area contributed by atoms with Gasteiger partial charge in [0.15, 0.2) is 5.82 Å². The Bertz CT molecular complexity index is 1020. The van der Waals surface area contributed by atoms with Crippen molar-refractivity contribution >= 4 is 23.6 Å². The molecular formula is C22H29N7O2S. The van der Waals surface area contributed by atoms with Gasteiger partial charge >= 0.3 is 0 Å². The summed E-state index contributed by atoms with van der Waals surface area (Å²) in [5.74, 6) is 0.362. The fraction of sp³-hybridized carbons (Fsp3) is 0.591. The molecule has 0 radical (unpaired) electrons. The summed E-state index contributed by atoms with van der Waals surface area (Å²) in [5, 5.41) is 15.2. The summed E-state index contributed by atoms with van der Waals surface area (Å²) in [6, 6.07) is 9.14. The van der Waals surface area contributed by atoms with E-state index in [9.17, 15) is 9.59 Å². The summed E-state index contributed by atoms with van der Waals surface area (Å²) in [7, 11) is 0. The number of carbonyl (C=O) groups is 2. The molecule has 170 valence electrons. The smallest absolute Gasteiger partial charge is 0.249 e. The lowest BCUT2D eigenvalue weighted by Gasteiger charge is -2.45. The third-order valence-electron chi connectivity index (χ3n) is 6.90. The van der Waals surface area contributed by atoms with Crippen molar-refractivity contribution in [2.75, 3.05) is 0 Å². The first-order valence-corrected chi connectivity index (χ1v) is 12.1. The van der Waals surface area contributed by atoms with Gasteiger partial charge in [0.1, 0.15) is 17.5 Å². The number of tetrazole rings is 1. The average molecular weight is 456 g/mol. The van der Waals surface area contributed by atoms with Crippen molar-refractivity contribution in [2.24, 2.45) is 5.73 Å². The summed E-state index contributed by atoms with van der Waals surface area (Å²) in [4.78, 5) is 28.0. The fourth-order valence-corrected chi connectivity index (χ4v) is 6.77. The summed E-state index contributed by atoms with van der Waals surface area (Å²) in [6.07, 6.45) is 4.35. The Kier molecular flexibility index (Phi) is 5.24. The molecule has 3 heterocycles. The second kappa shape index (κ2) is 7.84. The molecule has 0 bridgehead atoms. The molecular weight excluding hydrogens is 426 g/mol. The Hall–Kier alpha value is -2.46. The third kappa shape index (κ3) is 3.49. The molecule has 2 aliphatic heterocycles. The van der Waals surface area contributed by atoms with Gasteiger partial charge in [0.2, 0.25) is 11.8 Å². The first-order valence-electron chi connectivity index (χ1n) is 11.2. The normalized spacial score (nSPS) is 28.2. The van der Waals surface area contributed by atoms with Crippen LogP contribution in [-0.4, -0.2) is 58.6 Å². The molecule has 3 fully saturated rings. The van der Waals surface area contributed by atoms with Gasteiger partial charge in [0.25, 0.3) is 0 Å².